The van der Waals surface area contributed by atoms with Gasteiger partial charge >= 0.3 is 0 Å². The Morgan fingerprint density at radius 3 is 2.43 bits per heavy atom. The van der Waals surface area contributed by atoms with Crippen LogP contribution in [0.1, 0.15) is 16.3 Å². The molecule has 3 aromatic heterocycles. The van der Waals surface area contributed by atoms with Crippen LogP contribution in [0, 0.1) is 12.7 Å². The van der Waals surface area contributed by atoms with Gasteiger partial charge in [-0.2, -0.15) is 5.10 Å². The highest BCUT2D eigenvalue weighted by Crippen LogP contribution is 2.23. The van der Waals surface area contributed by atoms with Gasteiger partial charge in [0.2, 0.25) is 5.88 Å². The number of carbonyl (C=O) groups is 1. The minimum atomic E-state index is -0.330. The Labute approximate surface area is 199 Å². The number of anilines is 1. The lowest BCUT2D eigenvalue weighted by atomic mass is 10.1. The van der Waals surface area contributed by atoms with E-state index in [2.05, 4.69) is 25.6 Å². The van der Waals surface area contributed by atoms with Crippen molar-refractivity contribution in [3.63, 3.8) is 0 Å². The molecule has 1 N–H and O–H groups in total. The lowest BCUT2D eigenvalue weighted by molar-refractivity contribution is 0.101. The van der Waals surface area contributed by atoms with Crippen molar-refractivity contribution in [3.05, 3.63) is 96.5 Å². The second-order valence-electron chi connectivity index (χ2n) is 7.70. The Hall–Kier alpha value is -4.86. The Morgan fingerprint density at radius 2 is 1.77 bits per heavy atom. The minimum absolute atomic E-state index is 0.321. The molecule has 0 fully saturated rings. The van der Waals surface area contributed by atoms with Crippen molar-refractivity contribution in [1.82, 2.24) is 29.5 Å². The zero-order chi connectivity index (χ0) is 24.4. The third-order valence-electron chi connectivity index (χ3n) is 5.29. The van der Waals surface area contributed by atoms with Crippen LogP contribution in [-0.4, -0.2) is 35.4 Å². The molecular formula is C25H20FN7O2. The summed E-state index contributed by atoms with van der Waals surface area (Å²) in [5.74, 6) is 1.68. The summed E-state index contributed by atoms with van der Waals surface area (Å²) in [4.78, 5) is 16.9. The van der Waals surface area contributed by atoms with Gasteiger partial charge in [-0.3, -0.25) is 14.0 Å². The van der Waals surface area contributed by atoms with Gasteiger partial charge in [-0.1, -0.05) is 0 Å². The standard InChI is InChI=1S/C25H20FN7O2/c1-16-27-13-14-33(16)23-11-12-24(30-29-23)35-20-9-7-19(8-10-20)28-25(34)22-15-21(31-32(22)2)17-3-5-18(26)6-4-17/h3-15H,1-2H3,(H,28,34). The van der Waals surface area contributed by atoms with Crippen LogP contribution in [-0.2, 0) is 7.05 Å². The Balaban J connectivity index is 1.24. The van der Waals surface area contributed by atoms with Crippen LogP contribution < -0.4 is 10.1 Å². The lowest BCUT2D eigenvalue weighted by Crippen LogP contribution is -2.15. The van der Waals surface area contributed by atoms with Crippen LogP contribution in [0.4, 0.5) is 10.1 Å². The van der Waals surface area contributed by atoms with Gasteiger partial charge in [0.05, 0.1) is 5.69 Å². The van der Waals surface area contributed by atoms with Crippen molar-refractivity contribution in [1.29, 1.82) is 0 Å². The molecule has 0 aliphatic rings. The summed E-state index contributed by atoms with van der Waals surface area (Å²) >= 11 is 0. The number of aromatic nitrogens is 6. The predicted octanol–water partition coefficient (Wildman–Crippen LogP) is 4.55. The second-order valence-corrected chi connectivity index (χ2v) is 7.70. The van der Waals surface area contributed by atoms with Crippen LogP contribution in [0.15, 0.2) is 79.1 Å². The van der Waals surface area contributed by atoms with Crippen LogP contribution >= 0.6 is 0 Å². The molecule has 9 nitrogen and oxygen atoms in total. The normalized spacial score (nSPS) is 10.8. The molecule has 5 rings (SSSR count). The van der Waals surface area contributed by atoms with E-state index in [9.17, 15) is 9.18 Å². The number of benzene rings is 2. The number of nitrogens with zero attached hydrogens (tertiary/aromatic N) is 6. The fourth-order valence-corrected chi connectivity index (χ4v) is 3.48. The third kappa shape index (κ3) is 4.76. The number of halogens is 1. The predicted molar refractivity (Wildman–Crippen MR) is 127 cm³/mol. The Morgan fingerprint density at radius 1 is 1.00 bits per heavy atom. The quantitative estimate of drug-likeness (QED) is 0.392. The van der Waals surface area contributed by atoms with E-state index in [-0.39, 0.29) is 11.7 Å². The number of hydrogen-bond acceptors (Lipinski definition) is 6. The number of rotatable bonds is 6. The SMILES string of the molecule is Cc1nccn1-c1ccc(Oc2ccc(NC(=O)c3cc(-c4ccc(F)cc4)nn3C)cc2)nn1. The van der Waals surface area contributed by atoms with Crippen molar-refractivity contribution in [2.24, 2.45) is 7.05 Å². The van der Waals surface area contributed by atoms with Crippen molar-refractivity contribution in [2.75, 3.05) is 5.32 Å². The van der Waals surface area contributed by atoms with E-state index in [1.54, 1.807) is 67.8 Å². The smallest absolute Gasteiger partial charge is 0.273 e. The van der Waals surface area contributed by atoms with Crippen molar-refractivity contribution < 1.29 is 13.9 Å². The first-order valence-corrected chi connectivity index (χ1v) is 10.7. The van der Waals surface area contributed by atoms with Gasteiger partial charge in [0.25, 0.3) is 5.91 Å². The molecule has 0 bridgehead atoms. The summed E-state index contributed by atoms with van der Waals surface area (Å²) in [6.45, 7) is 1.88. The van der Waals surface area contributed by atoms with E-state index in [1.807, 2.05) is 17.7 Å². The fourth-order valence-electron chi connectivity index (χ4n) is 3.48. The molecule has 35 heavy (non-hydrogen) atoms. The monoisotopic (exact) mass is 469 g/mol. The summed E-state index contributed by atoms with van der Waals surface area (Å²) in [5.41, 5.74) is 2.26. The molecule has 0 unspecified atom stereocenters. The maximum atomic E-state index is 13.2. The fraction of sp³-hybridized carbons (Fsp3) is 0.0800. The first-order valence-electron chi connectivity index (χ1n) is 10.7. The van der Waals surface area contributed by atoms with Gasteiger partial charge in [0.15, 0.2) is 5.82 Å². The first kappa shape index (κ1) is 22.0. The average Bonchev–Trinajstić information content (AvgIpc) is 3.47. The zero-order valence-electron chi connectivity index (χ0n) is 18.9. The molecule has 1 amide bonds. The van der Waals surface area contributed by atoms with E-state index in [0.717, 1.165) is 11.4 Å². The van der Waals surface area contributed by atoms with Gasteiger partial charge < -0.3 is 10.1 Å². The molecule has 174 valence electrons. The van der Waals surface area contributed by atoms with E-state index >= 15 is 0 Å². The highest BCUT2D eigenvalue weighted by molar-refractivity contribution is 6.03. The number of amides is 1. The van der Waals surface area contributed by atoms with Gasteiger partial charge in [-0.05, 0) is 67.6 Å². The molecule has 10 heteroatoms. The number of nitrogens with one attached hydrogen (secondary N) is 1. The highest BCUT2D eigenvalue weighted by Gasteiger charge is 2.15. The maximum absolute atomic E-state index is 13.2. The summed E-state index contributed by atoms with van der Waals surface area (Å²) < 4.78 is 22.2. The summed E-state index contributed by atoms with van der Waals surface area (Å²) in [7, 11) is 1.68. The van der Waals surface area contributed by atoms with Gasteiger partial charge in [-0.25, -0.2) is 9.37 Å². The summed E-state index contributed by atoms with van der Waals surface area (Å²) in [6.07, 6.45) is 3.50. The molecule has 0 saturated carbocycles. The summed E-state index contributed by atoms with van der Waals surface area (Å²) in [5, 5.41) is 15.5. The minimum Gasteiger partial charge on any atom is -0.438 e. The van der Waals surface area contributed by atoms with Crippen LogP contribution in [0.5, 0.6) is 11.6 Å². The molecule has 0 radical (unpaired) electrons. The molecule has 0 aliphatic carbocycles. The largest absolute Gasteiger partial charge is 0.438 e. The molecule has 0 aliphatic heterocycles. The third-order valence-corrected chi connectivity index (χ3v) is 5.29. The van der Waals surface area contributed by atoms with Crippen molar-refractivity contribution in [3.8, 4) is 28.7 Å². The van der Waals surface area contributed by atoms with Crippen LogP contribution in [0.2, 0.25) is 0 Å². The molecule has 0 atom stereocenters. The number of aryl methyl sites for hydroxylation is 2. The van der Waals surface area contributed by atoms with Gasteiger partial charge in [-0.15, -0.1) is 10.2 Å². The lowest BCUT2D eigenvalue weighted by Gasteiger charge is -2.08. The Kier molecular flexibility index (Phi) is 5.76. The molecule has 0 saturated heterocycles. The average molecular weight is 469 g/mol. The number of carbonyl (C=O) groups excluding carboxylic acids is 1. The van der Waals surface area contributed by atoms with E-state index in [1.165, 1.54) is 16.8 Å². The molecular weight excluding hydrogens is 449 g/mol. The number of hydrogen-bond donors (Lipinski definition) is 1. The van der Waals surface area contributed by atoms with Crippen LogP contribution in [0.3, 0.4) is 0 Å². The molecule has 3 heterocycles. The number of ether oxygens (including phenoxy) is 1. The maximum Gasteiger partial charge on any atom is 0.273 e. The van der Waals surface area contributed by atoms with Crippen molar-refractivity contribution in [2.45, 2.75) is 6.92 Å². The topological polar surface area (TPSA) is 99.8 Å². The molecule has 0 spiro atoms. The molecule has 5 aromatic rings. The van der Waals surface area contributed by atoms with Crippen molar-refractivity contribution >= 4 is 11.6 Å². The number of imidazole rings is 1. The van der Waals surface area contributed by atoms with E-state index < -0.39 is 0 Å². The first-order chi connectivity index (χ1) is 17.0. The summed E-state index contributed by atoms with van der Waals surface area (Å²) in [6, 6.07) is 18.0. The van der Waals surface area contributed by atoms with Gasteiger partial charge in [0, 0.05) is 36.8 Å². The van der Waals surface area contributed by atoms with E-state index in [4.69, 9.17) is 4.74 Å². The van der Waals surface area contributed by atoms with E-state index in [0.29, 0.717) is 34.5 Å². The van der Waals surface area contributed by atoms with Gasteiger partial charge in [0.1, 0.15) is 23.1 Å². The zero-order valence-corrected chi connectivity index (χ0v) is 18.9. The molecule has 2 aromatic carbocycles. The Bertz CT molecular complexity index is 1470. The second kappa shape index (κ2) is 9.18. The van der Waals surface area contributed by atoms with Crippen LogP contribution in [0.25, 0.3) is 17.1 Å². The highest BCUT2D eigenvalue weighted by atomic mass is 19.1.